The van der Waals surface area contributed by atoms with E-state index in [4.69, 9.17) is 14.2 Å². The fourth-order valence-corrected chi connectivity index (χ4v) is 4.11. The summed E-state index contributed by atoms with van der Waals surface area (Å²) in [5.74, 6) is 1.29. The molecule has 0 bridgehead atoms. The van der Waals surface area contributed by atoms with Crippen molar-refractivity contribution in [2.75, 3.05) is 0 Å². The van der Waals surface area contributed by atoms with Gasteiger partial charge in [-0.25, -0.2) is 4.79 Å². The maximum Gasteiger partial charge on any atom is 0.335 e. The predicted molar refractivity (Wildman–Crippen MR) is 166 cm³/mol. The Morgan fingerprint density at radius 1 is 0.756 bits per heavy atom. The van der Waals surface area contributed by atoms with Crippen LogP contribution in [0.1, 0.15) is 67.2 Å². The van der Waals surface area contributed by atoms with Gasteiger partial charge >= 0.3 is 5.97 Å². The summed E-state index contributed by atoms with van der Waals surface area (Å²) < 4.78 is 19.0. The van der Waals surface area contributed by atoms with E-state index in [9.17, 15) is 9.90 Å². The van der Waals surface area contributed by atoms with Crippen molar-refractivity contribution in [1.29, 1.82) is 0 Å². The van der Waals surface area contributed by atoms with Crippen LogP contribution in [-0.2, 0) is 13.2 Å². The average molecular weight is 551 g/mol. The Hall–Kier alpha value is -4.77. The van der Waals surface area contributed by atoms with E-state index in [1.165, 1.54) is 0 Å². The topological polar surface area (TPSA) is 65.0 Å². The van der Waals surface area contributed by atoms with Crippen molar-refractivity contribution in [3.63, 3.8) is 0 Å². The summed E-state index contributed by atoms with van der Waals surface area (Å²) in [6.07, 6.45) is 3.96. The molecule has 5 heteroatoms. The molecule has 1 heterocycles. The largest absolute Gasteiger partial charge is 0.485 e. The van der Waals surface area contributed by atoms with Gasteiger partial charge in [-0.3, -0.25) is 0 Å². The second-order valence-corrected chi connectivity index (χ2v) is 8.56. The summed E-state index contributed by atoms with van der Waals surface area (Å²) >= 11 is 0. The lowest BCUT2D eigenvalue weighted by atomic mass is 9.98. The third-order valence-corrected chi connectivity index (χ3v) is 6.08. The van der Waals surface area contributed by atoms with Crippen molar-refractivity contribution in [3.05, 3.63) is 137 Å². The van der Waals surface area contributed by atoms with Crippen molar-refractivity contribution < 1.29 is 24.1 Å². The molecular weight excluding hydrogens is 512 g/mol. The Morgan fingerprint density at radius 3 is 1.85 bits per heavy atom. The summed E-state index contributed by atoms with van der Waals surface area (Å²) in [7, 11) is 0. The first-order chi connectivity index (χ1) is 20.1. The molecule has 0 amide bonds. The maximum absolute atomic E-state index is 11.3. The van der Waals surface area contributed by atoms with Gasteiger partial charge in [0.1, 0.15) is 19.0 Å². The highest BCUT2D eigenvalue weighted by atomic mass is 16.5. The highest BCUT2D eigenvalue weighted by Gasteiger charge is 2.25. The van der Waals surface area contributed by atoms with Crippen LogP contribution in [0.2, 0.25) is 0 Å². The molecule has 4 aromatic rings. The number of rotatable bonds is 8. The van der Waals surface area contributed by atoms with Crippen molar-refractivity contribution in [1.82, 2.24) is 0 Å². The van der Waals surface area contributed by atoms with Crippen LogP contribution in [0.3, 0.4) is 0 Å². The quantitative estimate of drug-likeness (QED) is 0.237. The van der Waals surface area contributed by atoms with Gasteiger partial charge in [0.2, 0.25) is 5.75 Å². The number of carbonyl (C=O) groups is 1. The Labute approximate surface area is 243 Å². The van der Waals surface area contributed by atoms with Crippen LogP contribution in [0.25, 0.3) is 11.3 Å². The molecule has 0 saturated heterocycles. The Kier molecular flexibility index (Phi) is 11.8. The summed E-state index contributed by atoms with van der Waals surface area (Å²) in [4.78, 5) is 11.3. The van der Waals surface area contributed by atoms with Crippen LogP contribution in [0.5, 0.6) is 17.2 Å². The third-order valence-electron chi connectivity index (χ3n) is 6.08. The average Bonchev–Trinajstić information content (AvgIpc) is 3.05. The van der Waals surface area contributed by atoms with E-state index in [1.807, 2.05) is 120 Å². The van der Waals surface area contributed by atoms with Crippen LogP contribution >= 0.6 is 0 Å². The zero-order valence-electron chi connectivity index (χ0n) is 24.4. The molecule has 5 nitrogen and oxygen atoms in total. The fourth-order valence-electron chi connectivity index (χ4n) is 4.11. The minimum atomic E-state index is -0.971. The molecule has 1 N–H and O–H groups in total. The van der Waals surface area contributed by atoms with Gasteiger partial charge in [0, 0.05) is 11.1 Å². The highest BCUT2D eigenvalue weighted by Crippen LogP contribution is 2.48. The molecule has 0 fully saturated rings. The number of hydrogen-bond donors (Lipinski definition) is 1. The number of ether oxygens (including phenoxy) is 3. The van der Waals surface area contributed by atoms with Crippen LogP contribution in [0, 0.1) is 0 Å². The number of fused-ring (bicyclic) bond motifs is 1. The lowest BCUT2D eigenvalue weighted by Crippen LogP contribution is -2.08. The normalized spacial score (nSPS) is 12.3. The number of aromatic carboxylic acids is 1. The first-order valence-electron chi connectivity index (χ1n) is 14.0. The molecule has 0 unspecified atom stereocenters. The second kappa shape index (κ2) is 15.7. The van der Waals surface area contributed by atoms with Crippen LogP contribution in [0.4, 0.5) is 0 Å². The molecule has 0 aliphatic carbocycles. The van der Waals surface area contributed by atoms with Crippen LogP contribution < -0.4 is 14.2 Å². The van der Waals surface area contributed by atoms with E-state index >= 15 is 0 Å². The van der Waals surface area contributed by atoms with E-state index in [2.05, 4.69) is 0 Å². The van der Waals surface area contributed by atoms with Gasteiger partial charge in [-0.05, 0) is 54.0 Å². The molecule has 0 saturated carbocycles. The van der Waals surface area contributed by atoms with Gasteiger partial charge in [-0.1, -0.05) is 107 Å². The summed E-state index contributed by atoms with van der Waals surface area (Å²) in [6, 6.07) is 30.4. The van der Waals surface area contributed by atoms with Crippen molar-refractivity contribution in [3.8, 4) is 17.2 Å². The smallest absolute Gasteiger partial charge is 0.335 e. The molecule has 212 valence electrons. The molecule has 1 aliphatic rings. The minimum absolute atomic E-state index is 0.218. The summed E-state index contributed by atoms with van der Waals surface area (Å²) in [5.41, 5.74) is 4.91. The second-order valence-electron chi connectivity index (χ2n) is 8.56. The molecule has 41 heavy (non-hydrogen) atoms. The first kappa shape index (κ1) is 30.8. The van der Waals surface area contributed by atoms with E-state index in [0.29, 0.717) is 36.2 Å². The highest BCUT2D eigenvalue weighted by molar-refractivity contribution is 5.91. The maximum atomic E-state index is 11.3. The summed E-state index contributed by atoms with van der Waals surface area (Å²) in [6.45, 7) is 10.7. The van der Waals surface area contributed by atoms with Gasteiger partial charge in [0.25, 0.3) is 0 Å². The number of allylic oxidation sites excluding steroid dienone is 3. The Morgan fingerprint density at radius 2 is 1.32 bits per heavy atom. The fraction of sp³-hybridized carbons (Fsp3) is 0.194. The van der Waals surface area contributed by atoms with Gasteiger partial charge in [-0.2, -0.15) is 0 Å². The molecule has 0 spiro atoms. The zero-order chi connectivity index (χ0) is 29.6. The SMILES string of the molecule is C/C=C1\C=C(c2ccc(C(=O)O)cc2)Oc2c1ccc(OCc1ccccc1)c2OCc1ccccc1.CC.CC. The lowest BCUT2D eigenvalue weighted by molar-refractivity contribution is 0.0697. The summed E-state index contributed by atoms with van der Waals surface area (Å²) in [5, 5.41) is 9.26. The number of carboxylic acids is 1. The molecule has 0 aromatic heterocycles. The number of benzene rings is 4. The van der Waals surface area contributed by atoms with Crippen molar-refractivity contribution >= 4 is 17.3 Å². The van der Waals surface area contributed by atoms with Gasteiger partial charge in [-0.15, -0.1) is 0 Å². The molecule has 0 radical (unpaired) electrons. The predicted octanol–water partition coefficient (Wildman–Crippen LogP) is 9.43. The lowest BCUT2D eigenvalue weighted by Gasteiger charge is -2.25. The molecular formula is C36H38O5. The molecule has 1 aliphatic heterocycles. The van der Waals surface area contributed by atoms with Crippen molar-refractivity contribution in [2.45, 2.75) is 47.8 Å². The number of carboxylic acid groups (broad SMARTS) is 1. The van der Waals surface area contributed by atoms with E-state index < -0.39 is 5.97 Å². The molecule has 4 aromatic carbocycles. The Bertz CT molecular complexity index is 1450. The van der Waals surface area contributed by atoms with Gasteiger partial charge in [0.05, 0.1) is 5.56 Å². The standard InChI is InChI=1S/C32H26O5.2C2H6/c1-2-24-19-29(25-13-15-26(16-14-25)32(33)34)37-30-27(24)17-18-28(35-20-22-9-5-3-6-10-22)31(30)36-21-23-11-7-4-8-12-23;2*1-2/h2-19H,20-21H2,1H3,(H,33,34);2*1-2H3/b24-2+;;. The zero-order valence-corrected chi connectivity index (χ0v) is 24.4. The Balaban J connectivity index is 0.00000111. The monoisotopic (exact) mass is 550 g/mol. The third kappa shape index (κ3) is 7.89. The van der Waals surface area contributed by atoms with Gasteiger partial charge in [0.15, 0.2) is 11.5 Å². The van der Waals surface area contributed by atoms with E-state index in [-0.39, 0.29) is 5.56 Å². The van der Waals surface area contributed by atoms with Gasteiger partial charge < -0.3 is 19.3 Å². The molecule has 0 atom stereocenters. The van der Waals surface area contributed by atoms with E-state index in [1.54, 1.807) is 24.3 Å². The van der Waals surface area contributed by atoms with Crippen molar-refractivity contribution in [2.24, 2.45) is 0 Å². The number of hydrogen-bond acceptors (Lipinski definition) is 4. The van der Waals surface area contributed by atoms with E-state index in [0.717, 1.165) is 27.8 Å². The molecule has 5 rings (SSSR count). The first-order valence-corrected chi connectivity index (χ1v) is 14.0. The minimum Gasteiger partial charge on any atom is -0.485 e. The van der Waals surface area contributed by atoms with Crippen LogP contribution in [-0.4, -0.2) is 11.1 Å². The van der Waals surface area contributed by atoms with Crippen LogP contribution in [0.15, 0.2) is 109 Å².